The summed E-state index contributed by atoms with van der Waals surface area (Å²) in [4.78, 5) is 7.69. The van der Waals surface area contributed by atoms with Gasteiger partial charge in [-0.2, -0.15) is 0 Å². The van der Waals surface area contributed by atoms with Crippen LogP contribution in [0.3, 0.4) is 0 Å². The highest BCUT2D eigenvalue weighted by Crippen LogP contribution is 2.29. The molecule has 2 aliphatic rings. The first-order chi connectivity index (χ1) is 14.8. The summed E-state index contributed by atoms with van der Waals surface area (Å²) in [5, 5.41) is 8.08. The first-order valence-corrected chi connectivity index (χ1v) is 10.9. The summed E-state index contributed by atoms with van der Waals surface area (Å²) in [5.74, 6) is 0.964. The third-order valence-corrected chi connectivity index (χ3v) is 6.50. The molecule has 7 heteroatoms. The Bertz CT molecular complexity index is 982. The van der Waals surface area contributed by atoms with E-state index < -0.39 is 0 Å². The minimum atomic E-state index is 0.619. The number of piperazine rings is 1. The lowest BCUT2D eigenvalue weighted by atomic mass is 10.0. The van der Waals surface area contributed by atoms with Gasteiger partial charge in [0, 0.05) is 45.3 Å². The maximum absolute atomic E-state index is 5.56. The largest absolute Gasteiger partial charge is 0.495 e. The summed E-state index contributed by atoms with van der Waals surface area (Å²) in [7, 11) is 1.75. The maximum atomic E-state index is 5.56. The summed E-state index contributed by atoms with van der Waals surface area (Å²) >= 11 is 0. The molecule has 1 atom stereocenters. The normalized spacial score (nSPS) is 21.2. The van der Waals surface area contributed by atoms with Crippen molar-refractivity contribution in [2.24, 2.45) is 0 Å². The molecule has 158 valence electrons. The average molecular weight is 408 g/mol. The third-order valence-electron chi connectivity index (χ3n) is 6.50. The zero-order chi connectivity index (χ0) is 20.3. The van der Waals surface area contributed by atoms with Crippen molar-refractivity contribution in [3.8, 4) is 5.75 Å². The van der Waals surface area contributed by atoms with Gasteiger partial charge in [-0.05, 0) is 53.5 Å². The molecule has 30 heavy (non-hydrogen) atoms. The van der Waals surface area contributed by atoms with Crippen molar-refractivity contribution < 1.29 is 9.37 Å². The lowest BCUT2D eigenvalue weighted by molar-refractivity contribution is 0.0888. The molecule has 3 heterocycles. The molecule has 0 saturated carbocycles. The van der Waals surface area contributed by atoms with E-state index in [9.17, 15) is 0 Å². The lowest BCUT2D eigenvalue weighted by Gasteiger charge is -2.44. The van der Waals surface area contributed by atoms with Crippen LogP contribution < -0.4 is 9.64 Å². The lowest BCUT2D eigenvalue weighted by Crippen LogP contribution is -2.55. The molecule has 1 aromatic heterocycles. The van der Waals surface area contributed by atoms with E-state index in [4.69, 9.17) is 9.37 Å². The molecule has 2 aromatic carbocycles. The number of hydrogen-bond donors (Lipinski definition) is 0. The molecule has 0 N–H and O–H groups in total. The van der Waals surface area contributed by atoms with Crippen molar-refractivity contribution in [2.75, 3.05) is 51.3 Å². The number of ether oxygens (including phenoxy) is 1. The Morgan fingerprint density at radius 1 is 1.00 bits per heavy atom. The first-order valence-electron chi connectivity index (χ1n) is 10.9. The summed E-state index contributed by atoms with van der Waals surface area (Å²) in [6.45, 7) is 7.43. The van der Waals surface area contributed by atoms with Gasteiger partial charge in [0.05, 0.1) is 12.8 Å². The van der Waals surface area contributed by atoms with Crippen LogP contribution in [-0.4, -0.2) is 72.5 Å². The highest BCUT2D eigenvalue weighted by molar-refractivity contribution is 5.76. The third kappa shape index (κ3) is 3.87. The SMILES string of the molecule is COc1ccccc1N1CCN([C@H]2CCCN(Cc3cccc4nonc34)C2)CC1. The van der Waals surface area contributed by atoms with Gasteiger partial charge in [0.1, 0.15) is 16.8 Å². The van der Waals surface area contributed by atoms with Crippen LogP contribution in [0, 0.1) is 0 Å². The van der Waals surface area contributed by atoms with Crippen molar-refractivity contribution in [3.05, 3.63) is 48.0 Å². The van der Waals surface area contributed by atoms with Gasteiger partial charge in [-0.15, -0.1) is 0 Å². The van der Waals surface area contributed by atoms with Gasteiger partial charge in [-0.25, -0.2) is 4.63 Å². The number of fused-ring (bicyclic) bond motifs is 1. The Kier molecular flexibility index (Phi) is 5.55. The van der Waals surface area contributed by atoms with Crippen LogP contribution in [-0.2, 0) is 6.54 Å². The molecule has 5 rings (SSSR count). The Morgan fingerprint density at radius 3 is 2.73 bits per heavy atom. The number of hydrogen-bond acceptors (Lipinski definition) is 7. The second kappa shape index (κ2) is 8.62. The number of piperidine rings is 1. The summed E-state index contributed by atoms with van der Waals surface area (Å²) < 4.78 is 10.5. The smallest absolute Gasteiger partial charge is 0.142 e. The summed E-state index contributed by atoms with van der Waals surface area (Å²) in [6.07, 6.45) is 2.52. The zero-order valence-corrected chi connectivity index (χ0v) is 17.5. The molecule has 0 radical (unpaired) electrons. The van der Waals surface area contributed by atoms with Crippen LogP contribution in [0.1, 0.15) is 18.4 Å². The minimum absolute atomic E-state index is 0.619. The van der Waals surface area contributed by atoms with E-state index in [-0.39, 0.29) is 0 Å². The van der Waals surface area contributed by atoms with Crippen LogP contribution in [0.15, 0.2) is 47.1 Å². The highest BCUT2D eigenvalue weighted by atomic mass is 16.6. The van der Waals surface area contributed by atoms with Gasteiger partial charge in [0.15, 0.2) is 0 Å². The molecular formula is C23H29N5O2. The standard InChI is InChI=1S/C23H29N5O2/c1-29-22-10-3-2-9-21(22)28-14-12-27(13-15-28)19-7-5-11-26(17-19)16-18-6-4-8-20-23(18)25-30-24-20/h2-4,6,8-10,19H,5,7,11-17H2,1H3/t19-/m0/s1. The van der Waals surface area contributed by atoms with Gasteiger partial charge in [0.25, 0.3) is 0 Å². The zero-order valence-electron chi connectivity index (χ0n) is 17.5. The molecule has 2 fully saturated rings. The number of likely N-dealkylation sites (tertiary alicyclic amines) is 1. The number of rotatable bonds is 5. The average Bonchev–Trinajstić information content (AvgIpc) is 3.29. The number of methoxy groups -OCH3 is 1. The maximum Gasteiger partial charge on any atom is 0.142 e. The van der Waals surface area contributed by atoms with E-state index in [1.54, 1.807) is 7.11 Å². The molecule has 0 spiro atoms. The van der Waals surface area contributed by atoms with E-state index >= 15 is 0 Å². The van der Waals surface area contributed by atoms with Crippen molar-refractivity contribution in [1.29, 1.82) is 0 Å². The number of para-hydroxylation sites is 2. The molecule has 3 aromatic rings. The highest BCUT2D eigenvalue weighted by Gasteiger charge is 2.29. The van der Waals surface area contributed by atoms with Crippen LogP contribution in [0.5, 0.6) is 5.75 Å². The fourth-order valence-corrected chi connectivity index (χ4v) is 4.92. The Labute approximate surface area is 177 Å². The Balaban J connectivity index is 1.20. The predicted octanol–water partition coefficient (Wildman–Crippen LogP) is 3.02. The van der Waals surface area contributed by atoms with Crippen molar-refractivity contribution >= 4 is 16.7 Å². The van der Waals surface area contributed by atoms with Crippen molar-refractivity contribution in [3.63, 3.8) is 0 Å². The van der Waals surface area contributed by atoms with Crippen molar-refractivity contribution in [2.45, 2.75) is 25.4 Å². The van der Waals surface area contributed by atoms with Crippen LogP contribution >= 0.6 is 0 Å². The number of benzene rings is 2. The van der Waals surface area contributed by atoms with E-state index in [1.807, 2.05) is 24.3 Å². The second-order valence-corrected chi connectivity index (χ2v) is 8.28. The van der Waals surface area contributed by atoms with Crippen LogP contribution in [0.2, 0.25) is 0 Å². The molecule has 7 nitrogen and oxygen atoms in total. The van der Waals surface area contributed by atoms with E-state index in [2.05, 4.69) is 43.2 Å². The van der Waals surface area contributed by atoms with Gasteiger partial charge in [0.2, 0.25) is 0 Å². The minimum Gasteiger partial charge on any atom is -0.495 e. The van der Waals surface area contributed by atoms with Gasteiger partial charge < -0.3 is 9.64 Å². The Morgan fingerprint density at radius 2 is 1.87 bits per heavy atom. The monoisotopic (exact) mass is 407 g/mol. The molecule has 0 bridgehead atoms. The van der Waals surface area contributed by atoms with E-state index in [0.717, 1.165) is 62.6 Å². The summed E-state index contributed by atoms with van der Waals surface area (Å²) in [5.41, 5.74) is 4.15. The molecule has 0 amide bonds. The molecule has 0 unspecified atom stereocenters. The fourth-order valence-electron chi connectivity index (χ4n) is 4.92. The van der Waals surface area contributed by atoms with E-state index in [1.165, 1.54) is 24.1 Å². The fraction of sp³-hybridized carbons (Fsp3) is 0.478. The number of aromatic nitrogens is 2. The van der Waals surface area contributed by atoms with Crippen molar-refractivity contribution in [1.82, 2.24) is 20.1 Å². The number of nitrogens with zero attached hydrogens (tertiary/aromatic N) is 5. The predicted molar refractivity (Wildman–Crippen MR) is 117 cm³/mol. The Hall–Kier alpha value is -2.64. The van der Waals surface area contributed by atoms with Crippen LogP contribution in [0.25, 0.3) is 11.0 Å². The molecule has 2 aliphatic heterocycles. The van der Waals surface area contributed by atoms with Crippen LogP contribution in [0.4, 0.5) is 5.69 Å². The summed E-state index contributed by atoms with van der Waals surface area (Å²) in [6, 6.07) is 15.1. The van der Waals surface area contributed by atoms with Gasteiger partial charge in [-0.1, -0.05) is 24.3 Å². The first kappa shape index (κ1) is 19.3. The topological polar surface area (TPSA) is 57.9 Å². The molecular weight excluding hydrogens is 378 g/mol. The van der Waals surface area contributed by atoms with Gasteiger partial charge >= 0.3 is 0 Å². The van der Waals surface area contributed by atoms with E-state index in [0.29, 0.717) is 6.04 Å². The molecule has 2 saturated heterocycles. The quantitative estimate of drug-likeness (QED) is 0.644. The molecule has 0 aliphatic carbocycles. The number of anilines is 1. The van der Waals surface area contributed by atoms with Gasteiger partial charge in [-0.3, -0.25) is 9.80 Å². The second-order valence-electron chi connectivity index (χ2n) is 8.28.